The van der Waals surface area contributed by atoms with Crippen LogP contribution in [-0.4, -0.2) is 139 Å². The van der Waals surface area contributed by atoms with Gasteiger partial charge < -0.3 is 63.9 Å². The molecule has 6 rings (SSSR count). The number of para-hydroxylation sites is 2. The van der Waals surface area contributed by atoms with Crippen LogP contribution in [0.3, 0.4) is 0 Å². The standard InChI is InChI=1S/C52H65N11O11S3/c1-27(2)42(51(73)74)62-49(71)38-26-75-77-52(3,4)43(63-44(66)31(54)23-41(64)65)50(72)60-35(21-28-13-6-5-7-14-28)46(68)58-36(22-29-25-55-32-16-9-8-15-30(29)32)47(69)57-34(18-12-20-53)45(67)59-37(48(70)61-38)24-40-56-33-17-10-11-19-39(33)76-40/h5-11,13-17,19,25,27,31,34-38,42-43,55H,12,18,20-24,26,53-54H2,1-4H3,(H,57,69)(H,58,68)(H,59,67)(H,60,72)(H,61,70)(H,62,71)(H,63,66)(H,64,65)(H,73,74)/t31-,34-,35-,36+,37-,38-,42-,43+/m0/s1. The number of nitrogens with two attached hydrogens (primary N) is 2. The van der Waals surface area contributed by atoms with E-state index in [9.17, 15) is 53.4 Å². The molecule has 14 N–H and O–H groups in total. The number of carboxylic acids is 2. The summed E-state index contributed by atoms with van der Waals surface area (Å²) in [6.07, 6.45) is 0.669. The van der Waals surface area contributed by atoms with Crippen molar-refractivity contribution in [2.24, 2.45) is 17.4 Å². The van der Waals surface area contributed by atoms with Crippen LogP contribution in [0.15, 0.2) is 85.1 Å². The number of carbonyl (C=O) groups excluding carboxylic acids is 7. The molecule has 412 valence electrons. The van der Waals surface area contributed by atoms with E-state index < -0.39 is 119 Å². The number of aromatic amines is 1. The summed E-state index contributed by atoms with van der Waals surface area (Å²) in [5.74, 6) is -9.74. The minimum Gasteiger partial charge on any atom is -0.481 e. The Morgan fingerprint density at radius 1 is 0.766 bits per heavy atom. The first-order valence-corrected chi connectivity index (χ1v) is 28.0. The summed E-state index contributed by atoms with van der Waals surface area (Å²) < 4.78 is -0.619. The second kappa shape index (κ2) is 27.3. The van der Waals surface area contributed by atoms with Crippen LogP contribution >= 0.6 is 32.9 Å². The fourth-order valence-electron chi connectivity index (χ4n) is 8.45. The Hall–Kier alpha value is -7.06. The summed E-state index contributed by atoms with van der Waals surface area (Å²) in [5, 5.41) is 39.7. The smallest absolute Gasteiger partial charge is 0.326 e. The van der Waals surface area contributed by atoms with Gasteiger partial charge in [-0.15, -0.1) is 11.3 Å². The predicted molar refractivity (Wildman–Crippen MR) is 294 cm³/mol. The molecule has 0 bridgehead atoms. The van der Waals surface area contributed by atoms with Crippen molar-refractivity contribution in [1.82, 2.24) is 47.2 Å². The Kier molecular flexibility index (Phi) is 21.0. The van der Waals surface area contributed by atoms with Crippen molar-refractivity contribution in [2.75, 3.05) is 12.3 Å². The number of nitrogens with one attached hydrogen (secondary N) is 8. The maximum atomic E-state index is 14.9. The molecule has 3 aromatic carbocycles. The molecule has 0 spiro atoms. The number of H-pyrrole nitrogens is 1. The number of carboxylic acid groups (broad SMARTS) is 2. The highest BCUT2D eigenvalue weighted by molar-refractivity contribution is 8.77. The second-order valence-corrected chi connectivity index (χ2v) is 23.6. The molecule has 1 fully saturated rings. The van der Waals surface area contributed by atoms with Crippen LogP contribution < -0.4 is 48.7 Å². The SMILES string of the molecule is CC(C)[C@H](NC(=O)[C@@H]1CSSC(C)(C)[C@H](NC(=O)[C@@H](N)CC(=O)O)C(=O)N[C@@H](Cc2ccccc2)C(=O)N[C@H](Cc2c[nH]c3ccccc23)C(=O)N[C@@H](CCCN)C(=O)N[C@@H](Cc2nc3ccccc3s2)C(=O)N1)C(=O)O. The van der Waals surface area contributed by atoms with Gasteiger partial charge in [0.05, 0.1) is 27.7 Å². The van der Waals surface area contributed by atoms with E-state index in [1.165, 1.54) is 11.3 Å². The summed E-state index contributed by atoms with van der Waals surface area (Å²) in [4.78, 5) is 134. The van der Waals surface area contributed by atoms with Crippen LogP contribution in [-0.2, 0) is 62.4 Å². The number of aliphatic carboxylic acids is 2. The van der Waals surface area contributed by atoms with E-state index in [1.54, 1.807) is 82.4 Å². The van der Waals surface area contributed by atoms with Gasteiger partial charge in [0.1, 0.15) is 42.3 Å². The molecule has 1 aliphatic rings. The van der Waals surface area contributed by atoms with Crippen LogP contribution in [0.2, 0.25) is 0 Å². The van der Waals surface area contributed by atoms with Crippen molar-refractivity contribution in [3.05, 3.63) is 101 Å². The number of thiazole rings is 1. The van der Waals surface area contributed by atoms with E-state index in [0.717, 1.165) is 37.2 Å². The lowest BCUT2D eigenvalue weighted by Gasteiger charge is -2.35. The zero-order valence-electron chi connectivity index (χ0n) is 42.8. The molecule has 8 atom stereocenters. The topological polar surface area (TPSA) is 359 Å². The Balaban J connectivity index is 1.47. The summed E-state index contributed by atoms with van der Waals surface area (Å²) >= 11 is 1.27. The summed E-state index contributed by atoms with van der Waals surface area (Å²) in [6, 6.07) is 11.5. The van der Waals surface area contributed by atoms with Gasteiger partial charge in [0.15, 0.2) is 0 Å². The Morgan fingerprint density at radius 3 is 2.03 bits per heavy atom. The lowest BCUT2D eigenvalue weighted by atomic mass is 9.98. The minimum atomic E-state index is -1.61. The van der Waals surface area contributed by atoms with Gasteiger partial charge in [0, 0.05) is 46.9 Å². The molecule has 77 heavy (non-hydrogen) atoms. The van der Waals surface area contributed by atoms with Crippen molar-refractivity contribution in [3.63, 3.8) is 0 Å². The first kappa shape index (κ1) is 59.2. The number of aromatic nitrogens is 2. The number of rotatable bonds is 17. The Morgan fingerprint density at radius 2 is 1.36 bits per heavy atom. The molecule has 1 saturated heterocycles. The molecule has 22 nitrogen and oxygen atoms in total. The fraction of sp³-hybridized carbons (Fsp3) is 0.423. The average Bonchev–Trinajstić information content (AvgIpc) is 4.00. The van der Waals surface area contributed by atoms with Crippen molar-refractivity contribution in [2.45, 2.75) is 119 Å². The zero-order valence-corrected chi connectivity index (χ0v) is 45.3. The molecule has 1 aliphatic heterocycles. The molecular weight excluding hydrogens is 1050 g/mol. The van der Waals surface area contributed by atoms with Crippen LogP contribution in [0, 0.1) is 5.92 Å². The highest BCUT2D eigenvalue weighted by Crippen LogP contribution is 2.39. The number of hydrogen-bond donors (Lipinski definition) is 12. The highest BCUT2D eigenvalue weighted by atomic mass is 33.1. The third kappa shape index (κ3) is 16.5. The van der Waals surface area contributed by atoms with E-state index in [2.05, 4.69) is 47.2 Å². The number of benzene rings is 3. The van der Waals surface area contributed by atoms with E-state index in [4.69, 9.17) is 11.5 Å². The van der Waals surface area contributed by atoms with Gasteiger partial charge in [-0.25, -0.2) is 9.78 Å². The van der Waals surface area contributed by atoms with Crippen molar-refractivity contribution >= 4 is 107 Å². The number of amides is 7. The third-order valence-corrected chi connectivity index (χ3v) is 17.0. The van der Waals surface area contributed by atoms with Crippen LogP contribution in [0.5, 0.6) is 0 Å². The normalized spacial score (nSPS) is 21.9. The summed E-state index contributed by atoms with van der Waals surface area (Å²) in [5.41, 5.74) is 14.5. The Bertz CT molecular complexity index is 2900. The first-order valence-electron chi connectivity index (χ1n) is 24.9. The van der Waals surface area contributed by atoms with Gasteiger partial charge in [-0.3, -0.25) is 38.4 Å². The zero-order chi connectivity index (χ0) is 56.0. The monoisotopic (exact) mass is 1120 g/mol. The maximum absolute atomic E-state index is 14.9. The van der Waals surface area contributed by atoms with Gasteiger partial charge in [0.25, 0.3) is 0 Å². The van der Waals surface area contributed by atoms with E-state index in [-0.39, 0.29) is 44.4 Å². The number of carbonyl (C=O) groups is 9. The van der Waals surface area contributed by atoms with E-state index in [0.29, 0.717) is 21.7 Å². The van der Waals surface area contributed by atoms with Crippen molar-refractivity contribution < 1.29 is 53.4 Å². The molecule has 25 heteroatoms. The van der Waals surface area contributed by atoms with Crippen LogP contribution in [0.25, 0.3) is 21.1 Å². The third-order valence-electron chi connectivity index (χ3n) is 12.7. The predicted octanol–water partition coefficient (Wildman–Crippen LogP) is 1.65. The number of nitrogens with zero attached hydrogens (tertiary/aromatic N) is 1. The van der Waals surface area contributed by atoms with Gasteiger partial charge in [0.2, 0.25) is 41.4 Å². The lowest BCUT2D eigenvalue weighted by molar-refractivity contribution is -0.143. The molecule has 7 amide bonds. The van der Waals surface area contributed by atoms with Gasteiger partial charge in [-0.1, -0.05) is 96.1 Å². The largest absolute Gasteiger partial charge is 0.481 e. The molecule has 0 radical (unpaired) electrons. The van der Waals surface area contributed by atoms with Crippen LogP contribution in [0.1, 0.15) is 63.1 Å². The number of fused-ring (bicyclic) bond motifs is 2. The molecule has 3 heterocycles. The van der Waals surface area contributed by atoms with E-state index in [1.807, 2.05) is 30.3 Å². The molecule has 0 saturated carbocycles. The quantitative estimate of drug-likeness (QED) is 0.0589. The molecule has 2 aromatic heterocycles. The molecule has 0 aliphatic carbocycles. The van der Waals surface area contributed by atoms with Crippen LogP contribution in [0.4, 0.5) is 0 Å². The minimum absolute atomic E-state index is 0.0202. The Labute approximate surface area is 456 Å². The van der Waals surface area contributed by atoms with Crippen molar-refractivity contribution in [3.8, 4) is 0 Å². The highest BCUT2D eigenvalue weighted by Gasteiger charge is 2.42. The van der Waals surface area contributed by atoms with E-state index >= 15 is 0 Å². The second-order valence-electron chi connectivity index (χ2n) is 19.5. The first-order chi connectivity index (χ1) is 36.6. The summed E-state index contributed by atoms with van der Waals surface area (Å²) in [7, 11) is 1.94. The molecule has 5 aromatic rings. The number of hydrogen-bond acceptors (Lipinski definition) is 15. The van der Waals surface area contributed by atoms with Crippen molar-refractivity contribution in [1.29, 1.82) is 0 Å². The average molecular weight is 1120 g/mol. The fourth-order valence-corrected chi connectivity index (χ4v) is 12.3. The molecule has 0 unspecified atom stereocenters. The maximum Gasteiger partial charge on any atom is 0.326 e. The lowest BCUT2D eigenvalue weighted by Crippen LogP contribution is -2.63. The molecular formula is C52H65N11O11S3. The van der Waals surface area contributed by atoms with Gasteiger partial charge in [-0.05, 0) is 68.5 Å². The van der Waals surface area contributed by atoms with Gasteiger partial charge >= 0.3 is 11.9 Å². The van der Waals surface area contributed by atoms with Gasteiger partial charge in [-0.2, -0.15) is 0 Å². The summed E-state index contributed by atoms with van der Waals surface area (Å²) in [6.45, 7) is 6.41.